The van der Waals surface area contributed by atoms with Crippen LogP contribution in [-0.4, -0.2) is 10.9 Å². The molecular weight excluding hydrogens is 257 g/mol. The molecule has 1 aromatic heterocycles. The van der Waals surface area contributed by atoms with Crippen LogP contribution in [0.5, 0.6) is 0 Å². The van der Waals surface area contributed by atoms with Gasteiger partial charge < -0.3 is 0 Å². The molecule has 0 bridgehead atoms. The maximum absolute atomic E-state index is 12.8. The molecule has 0 aliphatic heterocycles. The van der Waals surface area contributed by atoms with Gasteiger partial charge in [-0.15, -0.1) is 22.9 Å². The smallest absolute Gasteiger partial charge is 0.123 e. The first-order chi connectivity index (χ1) is 8.28. The van der Waals surface area contributed by atoms with Gasteiger partial charge in [0.2, 0.25) is 0 Å². The highest BCUT2D eigenvalue weighted by Crippen LogP contribution is 2.16. The van der Waals surface area contributed by atoms with Crippen LogP contribution in [0.25, 0.3) is 0 Å². The first-order valence-corrected chi connectivity index (χ1v) is 6.93. The second-order valence-electron chi connectivity index (χ2n) is 4.03. The first-order valence-electron chi connectivity index (χ1n) is 5.45. The fraction of sp³-hybridized carbons (Fsp3) is 0.308. The molecular formula is C13H13ClFNS. The second kappa shape index (κ2) is 6.12. The van der Waals surface area contributed by atoms with Crippen molar-refractivity contribution in [1.29, 1.82) is 0 Å². The van der Waals surface area contributed by atoms with E-state index in [9.17, 15) is 4.39 Å². The van der Waals surface area contributed by atoms with Crippen LogP contribution in [-0.2, 0) is 12.8 Å². The highest BCUT2D eigenvalue weighted by atomic mass is 35.5. The standard InChI is InChI=1S/C13H13ClFNS/c14-7-11(6-13-8-17-9-16-13)5-10-1-3-12(15)4-2-10/h1-4,8-9,11H,5-7H2. The number of hydrogen-bond donors (Lipinski definition) is 0. The van der Waals surface area contributed by atoms with E-state index in [1.807, 2.05) is 23.0 Å². The average molecular weight is 270 g/mol. The zero-order valence-corrected chi connectivity index (χ0v) is 10.8. The number of benzene rings is 1. The Kier molecular flexibility index (Phi) is 4.51. The molecule has 0 aliphatic carbocycles. The van der Waals surface area contributed by atoms with E-state index in [0.29, 0.717) is 11.8 Å². The molecule has 2 aromatic rings. The number of thiazole rings is 1. The van der Waals surface area contributed by atoms with Gasteiger partial charge in [-0.25, -0.2) is 9.37 Å². The summed E-state index contributed by atoms with van der Waals surface area (Å²) in [5.41, 5.74) is 4.04. The summed E-state index contributed by atoms with van der Waals surface area (Å²) in [6.07, 6.45) is 1.74. The van der Waals surface area contributed by atoms with E-state index in [0.717, 1.165) is 24.1 Å². The Balaban J connectivity index is 1.97. The van der Waals surface area contributed by atoms with Crippen LogP contribution in [0.3, 0.4) is 0 Å². The summed E-state index contributed by atoms with van der Waals surface area (Å²) < 4.78 is 12.8. The quantitative estimate of drug-likeness (QED) is 0.750. The van der Waals surface area contributed by atoms with Gasteiger partial charge in [0, 0.05) is 11.3 Å². The number of alkyl halides is 1. The third-order valence-electron chi connectivity index (χ3n) is 2.64. The van der Waals surface area contributed by atoms with Crippen molar-refractivity contribution in [2.45, 2.75) is 12.8 Å². The van der Waals surface area contributed by atoms with Crippen molar-refractivity contribution >= 4 is 22.9 Å². The number of nitrogens with zero attached hydrogens (tertiary/aromatic N) is 1. The number of aromatic nitrogens is 1. The van der Waals surface area contributed by atoms with Crippen molar-refractivity contribution in [3.8, 4) is 0 Å². The highest BCUT2D eigenvalue weighted by Gasteiger charge is 2.11. The van der Waals surface area contributed by atoms with Crippen LogP contribution in [0.2, 0.25) is 0 Å². The Morgan fingerprint density at radius 3 is 2.59 bits per heavy atom. The molecule has 0 N–H and O–H groups in total. The van der Waals surface area contributed by atoms with E-state index >= 15 is 0 Å². The van der Waals surface area contributed by atoms with Gasteiger partial charge in [0.1, 0.15) is 5.82 Å². The third-order valence-corrected chi connectivity index (χ3v) is 3.71. The number of hydrogen-bond acceptors (Lipinski definition) is 2. The van der Waals surface area contributed by atoms with E-state index in [4.69, 9.17) is 11.6 Å². The summed E-state index contributed by atoms with van der Waals surface area (Å²) in [6.45, 7) is 0. The third kappa shape index (κ3) is 3.79. The van der Waals surface area contributed by atoms with Crippen molar-refractivity contribution in [2.24, 2.45) is 5.92 Å². The summed E-state index contributed by atoms with van der Waals surface area (Å²) in [6, 6.07) is 6.61. The number of rotatable bonds is 5. The summed E-state index contributed by atoms with van der Waals surface area (Å²) in [7, 11) is 0. The molecule has 1 atom stereocenters. The van der Waals surface area contributed by atoms with Crippen molar-refractivity contribution in [1.82, 2.24) is 4.98 Å². The average Bonchev–Trinajstić information content (AvgIpc) is 2.84. The van der Waals surface area contributed by atoms with Gasteiger partial charge in [0.15, 0.2) is 0 Å². The summed E-state index contributed by atoms with van der Waals surface area (Å²) in [5.74, 6) is 0.745. The van der Waals surface area contributed by atoms with E-state index in [1.54, 1.807) is 11.3 Å². The van der Waals surface area contributed by atoms with Crippen LogP contribution in [0.1, 0.15) is 11.3 Å². The molecule has 0 radical (unpaired) electrons. The van der Waals surface area contributed by atoms with Gasteiger partial charge in [-0.05, 0) is 36.5 Å². The minimum absolute atomic E-state index is 0.198. The molecule has 1 nitrogen and oxygen atoms in total. The molecule has 0 saturated heterocycles. The van der Waals surface area contributed by atoms with Gasteiger partial charge in [0.05, 0.1) is 11.2 Å². The molecule has 2 rings (SSSR count). The summed E-state index contributed by atoms with van der Waals surface area (Å²) in [4.78, 5) is 4.26. The lowest BCUT2D eigenvalue weighted by molar-refractivity contribution is 0.574. The summed E-state index contributed by atoms with van der Waals surface area (Å²) >= 11 is 7.56. The molecule has 0 saturated carbocycles. The predicted molar refractivity (Wildman–Crippen MR) is 70.1 cm³/mol. The SMILES string of the molecule is Fc1ccc(CC(CCl)Cc2cscn2)cc1. The Bertz CT molecular complexity index is 441. The second-order valence-corrected chi connectivity index (χ2v) is 5.06. The highest BCUT2D eigenvalue weighted by molar-refractivity contribution is 7.07. The Morgan fingerprint density at radius 1 is 1.24 bits per heavy atom. The molecule has 0 aliphatic rings. The largest absolute Gasteiger partial charge is 0.250 e. The van der Waals surface area contributed by atoms with Crippen molar-refractivity contribution in [3.63, 3.8) is 0 Å². The van der Waals surface area contributed by atoms with E-state index in [1.165, 1.54) is 12.1 Å². The van der Waals surface area contributed by atoms with Crippen LogP contribution < -0.4 is 0 Å². The molecule has 0 amide bonds. The van der Waals surface area contributed by atoms with E-state index in [2.05, 4.69) is 4.98 Å². The van der Waals surface area contributed by atoms with Crippen LogP contribution in [0.15, 0.2) is 35.2 Å². The lowest BCUT2D eigenvalue weighted by Gasteiger charge is -2.12. The van der Waals surface area contributed by atoms with Gasteiger partial charge in [-0.3, -0.25) is 0 Å². The molecule has 4 heteroatoms. The minimum Gasteiger partial charge on any atom is -0.250 e. The molecule has 90 valence electrons. The molecule has 1 heterocycles. The van der Waals surface area contributed by atoms with Crippen molar-refractivity contribution in [3.05, 3.63) is 52.2 Å². The number of halogens is 2. The van der Waals surface area contributed by atoms with Gasteiger partial charge in [-0.1, -0.05) is 12.1 Å². The lowest BCUT2D eigenvalue weighted by atomic mass is 9.97. The predicted octanol–water partition coefficient (Wildman–Crippen LogP) is 3.92. The minimum atomic E-state index is -0.198. The Labute approximate surface area is 109 Å². The van der Waals surface area contributed by atoms with Crippen LogP contribution in [0.4, 0.5) is 4.39 Å². The van der Waals surface area contributed by atoms with Gasteiger partial charge in [0.25, 0.3) is 0 Å². The van der Waals surface area contributed by atoms with Crippen molar-refractivity contribution < 1.29 is 4.39 Å². The van der Waals surface area contributed by atoms with Crippen LogP contribution >= 0.6 is 22.9 Å². The lowest BCUT2D eigenvalue weighted by Crippen LogP contribution is -2.10. The monoisotopic (exact) mass is 269 g/mol. The molecule has 0 fully saturated rings. The molecule has 1 aromatic carbocycles. The summed E-state index contributed by atoms with van der Waals surface area (Å²) in [5, 5.41) is 2.05. The Hall–Kier alpha value is -0.930. The fourth-order valence-corrected chi connectivity index (χ4v) is 2.56. The topological polar surface area (TPSA) is 12.9 Å². The first kappa shape index (κ1) is 12.5. The maximum atomic E-state index is 12.8. The van der Waals surface area contributed by atoms with Crippen molar-refractivity contribution in [2.75, 3.05) is 5.88 Å². The zero-order chi connectivity index (χ0) is 12.1. The van der Waals surface area contributed by atoms with E-state index < -0.39 is 0 Å². The normalized spacial score (nSPS) is 12.6. The zero-order valence-electron chi connectivity index (χ0n) is 9.27. The van der Waals surface area contributed by atoms with E-state index in [-0.39, 0.29) is 5.82 Å². The molecule has 17 heavy (non-hydrogen) atoms. The fourth-order valence-electron chi connectivity index (χ4n) is 1.77. The molecule has 0 spiro atoms. The van der Waals surface area contributed by atoms with Gasteiger partial charge >= 0.3 is 0 Å². The van der Waals surface area contributed by atoms with Gasteiger partial charge in [-0.2, -0.15) is 0 Å². The Morgan fingerprint density at radius 2 is 2.00 bits per heavy atom. The molecule has 1 unspecified atom stereocenters. The maximum Gasteiger partial charge on any atom is 0.123 e. The van der Waals surface area contributed by atoms with Crippen LogP contribution in [0, 0.1) is 11.7 Å².